The molecule has 3 rings (SSSR count). The summed E-state index contributed by atoms with van der Waals surface area (Å²) >= 11 is 0.905. The Morgan fingerprint density at radius 2 is 2.13 bits per heavy atom. The summed E-state index contributed by atoms with van der Waals surface area (Å²) in [6, 6.07) is 3.36. The third-order valence-corrected chi connectivity index (χ3v) is 5.77. The lowest BCUT2D eigenvalue weighted by atomic mass is 10.0. The van der Waals surface area contributed by atoms with Gasteiger partial charge >= 0.3 is 0 Å². The Morgan fingerprint density at radius 3 is 2.78 bits per heavy atom. The van der Waals surface area contributed by atoms with Gasteiger partial charge < -0.3 is 10.1 Å². The zero-order valence-corrected chi connectivity index (χ0v) is 13.3. The molecule has 2 heterocycles. The Bertz CT molecular complexity index is 826. The number of aromatic nitrogens is 1. The molecule has 0 spiro atoms. The molecule has 1 aliphatic rings. The molecule has 2 unspecified atom stereocenters. The zero-order chi connectivity index (χ0) is 16.6. The van der Waals surface area contributed by atoms with Gasteiger partial charge in [-0.1, -0.05) is 17.4 Å². The van der Waals surface area contributed by atoms with Gasteiger partial charge in [0.2, 0.25) is 10.0 Å². The van der Waals surface area contributed by atoms with Crippen LogP contribution < -0.4 is 10.5 Å². The largest absolute Gasteiger partial charge is 0.371 e. The molecule has 1 fully saturated rings. The van der Waals surface area contributed by atoms with Crippen molar-refractivity contribution in [2.45, 2.75) is 22.8 Å². The average molecular weight is 361 g/mol. The summed E-state index contributed by atoms with van der Waals surface area (Å²) in [6.07, 6.45) is 1.31. The molecular weight excluding hydrogens is 348 g/mol. The first-order chi connectivity index (χ1) is 10.8. The summed E-state index contributed by atoms with van der Waals surface area (Å²) in [5.41, 5.74) is 0.502. The molecule has 2 aromatic rings. The van der Waals surface area contributed by atoms with E-state index in [0.29, 0.717) is 23.7 Å². The predicted octanol–water partition coefficient (Wildman–Crippen LogP) is 2.01. The van der Waals surface area contributed by atoms with Crippen molar-refractivity contribution in [1.29, 1.82) is 0 Å². The highest BCUT2D eigenvalue weighted by atomic mass is 32.2. The maximum absolute atomic E-state index is 13.4. The Kier molecular flexibility index (Phi) is 4.32. The standard InChI is InChI=1S/C13H13F2N3O3S2/c14-8-2-1-7(5-9(8)15)12-10(3-4-21-12)18-13-17-6-11(22-13)23(16,19)20/h1-2,5-6,10,12H,3-4H2,(H,17,18)(H2,16,19,20). The van der Waals surface area contributed by atoms with E-state index in [1.807, 2.05) is 0 Å². The number of anilines is 1. The molecule has 0 radical (unpaired) electrons. The van der Waals surface area contributed by atoms with Crippen molar-refractivity contribution in [2.75, 3.05) is 11.9 Å². The van der Waals surface area contributed by atoms with Gasteiger partial charge in [-0.15, -0.1) is 0 Å². The number of nitrogens with two attached hydrogens (primary N) is 1. The van der Waals surface area contributed by atoms with Crippen LogP contribution in [0.1, 0.15) is 18.1 Å². The fourth-order valence-corrected chi connectivity index (χ4v) is 3.88. The molecule has 1 aromatic carbocycles. The smallest absolute Gasteiger partial charge is 0.249 e. The molecule has 0 amide bonds. The molecule has 1 aromatic heterocycles. The summed E-state index contributed by atoms with van der Waals surface area (Å²) in [5.74, 6) is -1.86. The minimum Gasteiger partial charge on any atom is -0.371 e. The highest BCUT2D eigenvalue weighted by molar-refractivity contribution is 7.91. The van der Waals surface area contributed by atoms with Gasteiger partial charge in [0, 0.05) is 6.61 Å². The van der Waals surface area contributed by atoms with Gasteiger partial charge in [-0.2, -0.15) is 0 Å². The van der Waals surface area contributed by atoms with Gasteiger partial charge in [-0.05, 0) is 24.1 Å². The van der Waals surface area contributed by atoms with E-state index in [1.165, 1.54) is 12.3 Å². The molecule has 10 heteroatoms. The average Bonchev–Trinajstić information content (AvgIpc) is 3.11. The number of sulfonamides is 1. The summed E-state index contributed by atoms with van der Waals surface area (Å²) in [5, 5.41) is 8.47. The lowest BCUT2D eigenvalue weighted by Crippen LogP contribution is -2.23. The van der Waals surface area contributed by atoms with Crippen LogP contribution in [0.25, 0.3) is 0 Å². The van der Waals surface area contributed by atoms with E-state index in [-0.39, 0.29) is 10.3 Å². The van der Waals surface area contributed by atoms with E-state index >= 15 is 0 Å². The van der Waals surface area contributed by atoms with Crippen LogP contribution in [0.5, 0.6) is 0 Å². The Labute approximate surface area is 135 Å². The molecule has 3 N–H and O–H groups in total. The second-order valence-corrected chi connectivity index (χ2v) is 7.85. The van der Waals surface area contributed by atoms with Crippen molar-refractivity contribution in [3.05, 3.63) is 41.6 Å². The monoisotopic (exact) mass is 361 g/mol. The van der Waals surface area contributed by atoms with Crippen molar-refractivity contribution >= 4 is 26.5 Å². The fourth-order valence-electron chi connectivity index (χ4n) is 2.37. The predicted molar refractivity (Wildman–Crippen MR) is 80.6 cm³/mol. The molecule has 1 aliphatic heterocycles. The Balaban J connectivity index is 1.79. The number of ether oxygens (including phenoxy) is 1. The molecule has 0 saturated carbocycles. The lowest BCUT2D eigenvalue weighted by Gasteiger charge is -2.19. The zero-order valence-electron chi connectivity index (χ0n) is 11.7. The second-order valence-electron chi connectivity index (χ2n) is 5.03. The minimum absolute atomic E-state index is 0.0525. The number of halogens is 2. The van der Waals surface area contributed by atoms with Crippen molar-refractivity contribution in [3.63, 3.8) is 0 Å². The van der Waals surface area contributed by atoms with E-state index in [4.69, 9.17) is 9.88 Å². The highest BCUT2D eigenvalue weighted by Gasteiger charge is 2.31. The molecule has 23 heavy (non-hydrogen) atoms. The summed E-state index contributed by atoms with van der Waals surface area (Å²) < 4.78 is 54.5. The van der Waals surface area contributed by atoms with Gasteiger partial charge in [-0.3, -0.25) is 0 Å². The summed E-state index contributed by atoms with van der Waals surface area (Å²) in [4.78, 5) is 3.96. The first kappa shape index (κ1) is 16.2. The minimum atomic E-state index is -3.80. The lowest BCUT2D eigenvalue weighted by molar-refractivity contribution is 0.107. The number of primary sulfonamides is 1. The number of benzene rings is 1. The molecule has 0 bridgehead atoms. The molecule has 1 saturated heterocycles. The Morgan fingerprint density at radius 1 is 1.35 bits per heavy atom. The number of nitrogens with one attached hydrogen (secondary N) is 1. The SMILES string of the molecule is NS(=O)(=O)c1cnc(NC2CCOC2c2ccc(F)c(F)c2)s1. The van der Waals surface area contributed by atoms with Gasteiger partial charge in [-0.25, -0.2) is 27.3 Å². The van der Waals surface area contributed by atoms with Crippen LogP contribution in [-0.2, 0) is 14.8 Å². The van der Waals surface area contributed by atoms with Gasteiger partial charge in [0.05, 0.1) is 12.2 Å². The quantitative estimate of drug-likeness (QED) is 0.869. The van der Waals surface area contributed by atoms with Crippen molar-refractivity contribution in [1.82, 2.24) is 4.98 Å². The van der Waals surface area contributed by atoms with Crippen LogP contribution in [0.15, 0.2) is 28.6 Å². The van der Waals surface area contributed by atoms with E-state index in [1.54, 1.807) is 0 Å². The van der Waals surface area contributed by atoms with Gasteiger partial charge in [0.1, 0.15) is 6.10 Å². The molecule has 124 valence electrons. The third-order valence-electron chi connectivity index (χ3n) is 3.44. The van der Waals surface area contributed by atoms with Crippen LogP contribution >= 0.6 is 11.3 Å². The van der Waals surface area contributed by atoms with Gasteiger partial charge in [0.25, 0.3) is 0 Å². The number of hydrogen-bond acceptors (Lipinski definition) is 6. The fraction of sp³-hybridized carbons (Fsp3) is 0.308. The number of rotatable bonds is 4. The van der Waals surface area contributed by atoms with E-state index in [2.05, 4.69) is 10.3 Å². The van der Waals surface area contributed by atoms with Crippen LogP contribution in [-0.4, -0.2) is 26.1 Å². The van der Waals surface area contributed by atoms with Crippen LogP contribution in [0.2, 0.25) is 0 Å². The van der Waals surface area contributed by atoms with Crippen molar-refractivity contribution in [3.8, 4) is 0 Å². The normalized spacial score (nSPS) is 21.5. The highest BCUT2D eigenvalue weighted by Crippen LogP contribution is 2.33. The maximum atomic E-state index is 13.4. The summed E-state index contributed by atoms with van der Waals surface area (Å²) in [7, 11) is -3.80. The van der Waals surface area contributed by atoms with E-state index in [9.17, 15) is 17.2 Å². The van der Waals surface area contributed by atoms with Crippen LogP contribution in [0, 0.1) is 11.6 Å². The van der Waals surface area contributed by atoms with Gasteiger partial charge in [0.15, 0.2) is 21.0 Å². The number of nitrogens with zero attached hydrogens (tertiary/aromatic N) is 1. The van der Waals surface area contributed by atoms with Crippen LogP contribution in [0.4, 0.5) is 13.9 Å². The third kappa shape index (κ3) is 3.50. The van der Waals surface area contributed by atoms with E-state index in [0.717, 1.165) is 23.5 Å². The summed E-state index contributed by atoms with van der Waals surface area (Å²) in [6.45, 7) is 0.439. The number of hydrogen-bond donors (Lipinski definition) is 2. The van der Waals surface area contributed by atoms with Crippen LogP contribution in [0.3, 0.4) is 0 Å². The first-order valence-corrected chi connectivity index (χ1v) is 9.02. The van der Waals surface area contributed by atoms with E-state index < -0.39 is 27.8 Å². The molecular formula is C13H13F2N3O3S2. The molecule has 2 atom stereocenters. The van der Waals surface area contributed by atoms with Crippen molar-refractivity contribution in [2.24, 2.45) is 5.14 Å². The topological polar surface area (TPSA) is 94.3 Å². The maximum Gasteiger partial charge on any atom is 0.249 e. The number of thiazole rings is 1. The molecule has 6 nitrogen and oxygen atoms in total. The Hall–Kier alpha value is -1.62. The second kappa shape index (κ2) is 6.11. The first-order valence-electron chi connectivity index (χ1n) is 6.66. The molecule has 0 aliphatic carbocycles. The van der Waals surface area contributed by atoms with Crippen molar-refractivity contribution < 1.29 is 21.9 Å².